The number of imide groups is 1. The van der Waals surface area contributed by atoms with E-state index in [0.717, 1.165) is 27.5 Å². The number of carbonyl (C=O) groups excluding carboxylic acids is 4. The van der Waals surface area contributed by atoms with Crippen molar-refractivity contribution in [3.8, 4) is 11.4 Å². The molecule has 0 spiro atoms. The van der Waals surface area contributed by atoms with Crippen molar-refractivity contribution in [2.24, 2.45) is 0 Å². The highest BCUT2D eigenvalue weighted by Crippen LogP contribution is 2.26. The van der Waals surface area contributed by atoms with Crippen molar-refractivity contribution >= 4 is 30.0 Å². The number of benzene rings is 1. The number of hydrogen-bond donors (Lipinski definition) is 1. The summed E-state index contributed by atoms with van der Waals surface area (Å²) < 4.78 is 22.6. The molecule has 1 aliphatic heterocycles. The minimum absolute atomic E-state index is 0.0177. The van der Waals surface area contributed by atoms with Gasteiger partial charge >= 0.3 is 18.0 Å². The summed E-state index contributed by atoms with van der Waals surface area (Å²) in [7, 11) is 1.23. The number of hydrogen-bond acceptors (Lipinski definition) is 8. The van der Waals surface area contributed by atoms with Crippen molar-refractivity contribution in [1.82, 2.24) is 14.8 Å². The van der Waals surface area contributed by atoms with Crippen molar-refractivity contribution in [3.05, 3.63) is 76.6 Å². The molecule has 1 atom stereocenters. The molecule has 1 aliphatic rings. The Kier molecular flexibility index (Phi) is 7.89. The van der Waals surface area contributed by atoms with E-state index in [2.05, 4.69) is 10.1 Å². The summed E-state index contributed by atoms with van der Waals surface area (Å²) in [4.78, 5) is 50.0. The molecule has 1 fully saturated rings. The quantitative estimate of drug-likeness (QED) is 0.248. The molecule has 3 heterocycles. The van der Waals surface area contributed by atoms with E-state index >= 15 is 0 Å². The molecular weight excluding hydrogens is 506 g/mol. The third-order valence-corrected chi connectivity index (χ3v) is 6.12. The van der Waals surface area contributed by atoms with Gasteiger partial charge in [0.05, 0.1) is 20.3 Å². The predicted molar refractivity (Wildman–Crippen MR) is 139 cm³/mol. The Morgan fingerprint density at radius 2 is 1.82 bits per heavy atom. The molecule has 3 aromatic rings. The van der Waals surface area contributed by atoms with Crippen LogP contribution in [0, 0.1) is 13.8 Å². The third kappa shape index (κ3) is 5.71. The number of nitrogens with zero attached hydrogens (tertiary/aromatic N) is 2. The minimum atomic E-state index is -0.731. The van der Waals surface area contributed by atoms with Gasteiger partial charge in [-0.1, -0.05) is 0 Å². The zero-order valence-corrected chi connectivity index (χ0v) is 22.3. The number of amides is 3. The van der Waals surface area contributed by atoms with E-state index in [0.29, 0.717) is 5.75 Å². The number of rotatable bonds is 9. The molecule has 11 heteroatoms. The molecule has 1 aromatic carbocycles. The van der Waals surface area contributed by atoms with Crippen LogP contribution in [-0.2, 0) is 25.6 Å². The number of ether oxygens (including phenoxy) is 3. The van der Waals surface area contributed by atoms with Gasteiger partial charge in [0, 0.05) is 17.1 Å². The summed E-state index contributed by atoms with van der Waals surface area (Å²) in [6, 6.07) is 11.5. The normalized spacial score (nSPS) is 14.9. The highest BCUT2D eigenvalue weighted by molar-refractivity contribution is 6.14. The Bertz CT molecular complexity index is 1450. The van der Waals surface area contributed by atoms with E-state index in [1.54, 1.807) is 32.1 Å². The zero-order chi connectivity index (χ0) is 28.3. The van der Waals surface area contributed by atoms with Crippen LogP contribution in [-0.4, -0.2) is 53.2 Å². The number of methoxy groups -OCH3 is 1. The number of aromatic nitrogens is 1. The highest BCUT2D eigenvalue weighted by Gasteiger charge is 2.34. The van der Waals surface area contributed by atoms with Crippen molar-refractivity contribution in [2.75, 3.05) is 13.7 Å². The lowest BCUT2D eigenvalue weighted by atomic mass is 10.2. The summed E-state index contributed by atoms with van der Waals surface area (Å²) in [5.41, 5.74) is 3.49. The summed E-state index contributed by atoms with van der Waals surface area (Å²) in [5, 5.41) is 2.60. The standard InChI is InChI=1S/C28H29N3O8/c1-6-37-26(33)18(4)38-21-9-7-20(8-10-21)31-16(2)13-19(17(31)3)14-23-25(32)30(28(35)29-23)15-22-11-12-24(39-22)27(34)36-5/h7-14,18H,6,15H2,1-5H3,(H,29,35)/b23-14-/t18-/m1/s1. The number of esters is 2. The fourth-order valence-corrected chi connectivity index (χ4v) is 4.22. The maximum Gasteiger partial charge on any atom is 0.373 e. The van der Waals surface area contributed by atoms with Crippen molar-refractivity contribution in [2.45, 2.75) is 40.3 Å². The molecule has 1 saturated heterocycles. The molecule has 4 rings (SSSR count). The first-order chi connectivity index (χ1) is 18.6. The summed E-state index contributed by atoms with van der Waals surface area (Å²) in [5.74, 6) is -0.823. The molecule has 0 radical (unpaired) electrons. The predicted octanol–water partition coefficient (Wildman–Crippen LogP) is 3.90. The van der Waals surface area contributed by atoms with Gasteiger partial charge in [0.2, 0.25) is 5.76 Å². The average molecular weight is 536 g/mol. The van der Waals surface area contributed by atoms with E-state index in [-0.39, 0.29) is 30.4 Å². The van der Waals surface area contributed by atoms with Crippen LogP contribution in [0.1, 0.15) is 47.1 Å². The van der Waals surface area contributed by atoms with Gasteiger partial charge in [-0.25, -0.2) is 14.4 Å². The second-order valence-electron chi connectivity index (χ2n) is 8.80. The van der Waals surface area contributed by atoms with Crippen molar-refractivity contribution in [1.29, 1.82) is 0 Å². The van der Waals surface area contributed by atoms with Crippen LogP contribution < -0.4 is 10.1 Å². The summed E-state index contributed by atoms with van der Waals surface area (Å²) >= 11 is 0. The monoisotopic (exact) mass is 535 g/mol. The largest absolute Gasteiger partial charge is 0.479 e. The van der Waals surface area contributed by atoms with Crippen molar-refractivity contribution < 1.29 is 37.8 Å². The van der Waals surface area contributed by atoms with E-state index in [1.807, 2.05) is 36.6 Å². The summed E-state index contributed by atoms with van der Waals surface area (Å²) in [6.07, 6.45) is 0.894. The van der Waals surface area contributed by atoms with Crippen LogP contribution in [0.15, 0.2) is 52.6 Å². The molecular formula is C28H29N3O8. The number of carbonyl (C=O) groups is 4. The second kappa shape index (κ2) is 11.3. The fraction of sp³-hybridized carbons (Fsp3) is 0.286. The fourth-order valence-electron chi connectivity index (χ4n) is 4.22. The van der Waals surface area contributed by atoms with Crippen LogP contribution in [0.3, 0.4) is 0 Å². The van der Waals surface area contributed by atoms with Gasteiger partial charge in [-0.15, -0.1) is 0 Å². The van der Waals surface area contributed by atoms with Crippen molar-refractivity contribution in [3.63, 3.8) is 0 Å². The molecule has 39 heavy (non-hydrogen) atoms. The Morgan fingerprint density at radius 1 is 1.10 bits per heavy atom. The lowest BCUT2D eigenvalue weighted by molar-refractivity contribution is -0.150. The number of nitrogens with one attached hydrogen (secondary N) is 1. The molecule has 3 amide bonds. The molecule has 2 aromatic heterocycles. The lowest BCUT2D eigenvalue weighted by Gasteiger charge is -2.15. The van der Waals surface area contributed by atoms with Gasteiger partial charge in [-0.05, 0) is 81.8 Å². The minimum Gasteiger partial charge on any atom is -0.479 e. The number of aryl methyl sites for hydroxylation is 1. The zero-order valence-electron chi connectivity index (χ0n) is 22.3. The molecule has 0 bridgehead atoms. The Morgan fingerprint density at radius 3 is 2.49 bits per heavy atom. The maximum atomic E-state index is 13.0. The molecule has 0 unspecified atom stereocenters. The van der Waals surface area contributed by atoms with Gasteiger partial charge in [0.25, 0.3) is 5.91 Å². The van der Waals surface area contributed by atoms with Gasteiger partial charge < -0.3 is 28.5 Å². The number of furan rings is 1. The molecule has 0 aliphatic carbocycles. The second-order valence-corrected chi connectivity index (χ2v) is 8.80. The molecule has 204 valence electrons. The van der Waals surface area contributed by atoms with Crippen LogP contribution in [0.25, 0.3) is 11.8 Å². The van der Waals surface area contributed by atoms with Crippen LogP contribution in [0.2, 0.25) is 0 Å². The van der Waals surface area contributed by atoms with Gasteiger partial charge in [-0.3, -0.25) is 9.69 Å². The Hall–Kier alpha value is -4.80. The van der Waals surface area contributed by atoms with Crippen LogP contribution in [0.5, 0.6) is 5.75 Å². The van der Waals surface area contributed by atoms with E-state index in [1.165, 1.54) is 19.2 Å². The number of urea groups is 1. The average Bonchev–Trinajstić information content (AvgIpc) is 3.57. The highest BCUT2D eigenvalue weighted by atomic mass is 16.6. The van der Waals surface area contributed by atoms with E-state index in [9.17, 15) is 19.2 Å². The SMILES string of the molecule is CCOC(=O)[C@@H](C)Oc1ccc(-n2c(C)cc(/C=C3\NC(=O)N(Cc4ccc(C(=O)OC)o4)C3=O)c2C)cc1. The van der Waals surface area contributed by atoms with E-state index < -0.39 is 30.0 Å². The topological polar surface area (TPSA) is 129 Å². The molecule has 1 N–H and O–H groups in total. The van der Waals surface area contributed by atoms with Crippen LogP contribution >= 0.6 is 0 Å². The Balaban J connectivity index is 1.50. The van der Waals surface area contributed by atoms with Gasteiger partial charge in [0.1, 0.15) is 17.2 Å². The van der Waals surface area contributed by atoms with E-state index in [4.69, 9.17) is 13.9 Å². The molecule has 11 nitrogen and oxygen atoms in total. The third-order valence-electron chi connectivity index (χ3n) is 6.12. The first-order valence-corrected chi connectivity index (χ1v) is 12.3. The van der Waals surface area contributed by atoms with Gasteiger partial charge in [-0.2, -0.15) is 0 Å². The maximum absolute atomic E-state index is 13.0. The lowest BCUT2D eigenvalue weighted by Crippen LogP contribution is -2.30. The smallest absolute Gasteiger partial charge is 0.373 e. The summed E-state index contributed by atoms with van der Waals surface area (Å²) in [6.45, 7) is 7.35. The first kappa shape index (κ1) is 27.2. The first-order valence-electron chi connectivity index (χ1n) is 12.3. The Labute approximate surface area is 224 Å². The molecule has 0 saturated carbocycles. The van der Waals surface area contributed by atoms with Crippen LogP contribution in [0.4, 0.5) is 4.79 Å². The van der Waals surface area contributed by atoms with Gasteiger partial charge in [0.15, 0.2) is 6.10 Å².